The smallest absolute Gasteiger partial charge is 0.329 e. The molecule has 1 aromatic heterocycles. The first kappa shape index (κ1) is 31.0. The highest BCUT2D eigenvalue weighted by Crippen LogP contribution is 2.32. The number of cyclic esters (lactones) is 1. The van der Waals surface area contributed by atoms with Crippen LogP contribution in [0.5, 0.6) is 17.2 Å². The summed E-state index contributed by atoms with van der Waals surface area (Å²) in [5.74, 6) is -0.451. The van der Waals surface area contributed by atoms with E-state index in [1.165, 1.54) is 26.3 Å². The van der Waals surface area contributed by atoms with Crippen LogP contribution in [-0.4, -0.2) is 81.4 Å². The maximum atomic E-state index is 13.3. The Labute approximate surface area is 244 Å². The Hall–Kier alpha value is -3.90. The molecule has 0 bridgehead atoms. The van der Waals surface area contributed by atoms with Crippen molar-refractivity contribution in [3.63, 3.8) is 0 Å². The molecule has 4 rings (SSSR count). The number of benzene rings is 1. The van der Waals surface area contributed by atoms with E-state index in [-0.39, 0.29) is 30.2 Å². The third-order valence-electron chi connectivity index (χ3n) is 7.05. The SMILES string of the molecule is COc1ccc(C[C@H]2OCC[C@H](NC(=O)c3nccc(OC)c3OCOC(C)=O)C(=O)O[C@@H](C)[C@@H]2OCC2CC2)cc1. The van der Waals surface area contributed by atoms with Gasteiger partial charge in [0.2, 0.25) is 6.79 Å². The van der Waals surface area contributed by atoms with Crippen molar-refractivity contribution in [1.82, 2.24) is 10.3 Å². The largest absolute Gasteiger partial charge is 0.497 e. The molecule has 1 saturated carbocycles. The van der Waals surface area contributed by atoms with Crippen LogP contribution < -0.4 is 19.5 Å². The van der Waals surface area contributed by atoms with Gasteiger partial charge in [-0.25, -0.2) is 9.78 Å². The molecular weight excluding hydrogens is 548 g/mol. The van der Waals surface area contributed by atoms with Crippen molar-refractivity contribution >= 4 is 17.8 Å². The predicted molar refractivity (Wildman–Crippen MR) is 148 cm³/mol. The lowest BCUT2D eigenvalue weighted by Crippen LogP contribution is -2.46. The summed E-state index contributed by atoms with van der Waals surface area (Å²) in [5, 5.41) is 2.69. The van der Waals surface area contributed by atoms with Crippen LogP contribution in [0.1, 0.15) is 49.2 Å². The van der Waals surface area contributed by atoms with Crippen LogP contribution in [0.25, 0.3) is 0 Å². The number of nitrogens with zero attached hydrogens (tertiary/aromatic N) is 1. The van der Waals surface area contributed by atoms with Crippen LogP contribution in [-0.2, 0) is 35.0 Å². The molecule has 1 amide bonds. The van der Waals surface area contributed by atoms with Crippen molar-refractivity contribution in [2.45, 2.75) is 63.9 Å². The molecule has 1 aliphatic carbocycles. The number of nitrogens with one attached hydrogen (secondary N) is 1. The Morgan fingerprint density at radius 1 is 1.07 bits per heavy atom. The molecule has 42 heavy (non-hydrogen) atoms. The van der Waals surface area contributed by atoms with Crippen LogP contribution in [0.3, 0.4) is 0 Å². The summed E-state index contributed by atoms with van der Waals surface area (Å²) < 4.78 is 39.3. The molecule has 228 valence electrons. The second-order valence-electron chi connectivity index (χ2n) is 10.2. The van der Waals surface area contributed by atoms with Crippen molar-refractivity contribution in [2.75, 3.05) is 34.2 Å². The number of pyridine rings is 1. The topological polar surface area (TPSA) is 141 Å². The Balaban J connectivity index is 1.49. The average molecular weight is 587 g/mol. The highest BCUT2D eigenvalue weighted by molar-refractivity contribution is 5.98. The van der Waals surface area contributed by atoms with E-state index < -0.39 is 49.0 Å². The summed E-state index contributed by atoms with van der Waals surface area (Å²) in [6, 6.07) is 8.17. The molecule has 2 fully saturated rings. The van der Waals surface area contributed by atoms with E-state index in [0.717, 1.165) is 24.2 Å². The number of ether oxygens (including phenoxy) is 7. The fourth-order valence-corrected chi connectivity index (χ4v) is 4.55. The van der Waals surface area contributed by atoms with Gasteiger partial charge >= 0.3 is 11.9 Å². The zero-order valence-electron chi connectivity index (χ0n) is 24.3. The zero-order valence-corrected chi connectivity index (χ0v) is 24.3. The molecule has 0 radical (unpaired) electrons. The van der Waals surface area contributed by atoms with Crippen LogP contribution >= 0.6 is 0 Å². The highest BCUT2D eigenvalue weighted by atomic mass is 16.7. The predicted octanol–water partition coefficient (Wildman–Crippen LogP) is 2.86. The lowest BCUT2D eigenvalue weighted by molar-refractivity contribution is -0.164. The summed E-state index contributed by atoms with van der Waals surface area (Å²) in [6.07, 6.45) is 2.74. The van der Waals surface area contributed by atoms with Gasteiger partial charge in [-0.2, -0.15) is 0 Å². The van der Waals surface area contributed by atoms with Gasteiger partial charge in [0.05, 0.1) is 26.9 Å². The molecular formula is C30H38N2O10. The van der Waals surface area contributed by atoms with Crippen LogP contribution in [0.15, 0.2) is 36.5 Å². The second kappa shape index (κ2) is 14.8. The molecule has 1 N–H and O–H groups in total. The van der Waals surface area contributed by atoms with Crippen LogP contribution in [0.2, 0.25) is 0 Å². The van der Waals surface area contributed by atoms with Gasteiger partial charge < -0.3 is 38.5 Å². The third kappa shape index (κ3) is 8.56. The van der Waals surface area contributed by atoms with Gasteiger partial charge in [0, 0.05) is 38.6 Å². The van der Waals surface area contributed by atoms with Crippen molar-refractivity contribution in [3.05, 3.63) is 47.8 Å². The van der Waals surface area contributed by atoms with Gasteiger partial charge in [0.25, 0.3) is 5.91 Å². The molecule has 12 nitrogen and oxygen atoms in total. The lowest BCUT2D eigenvalue weighted by atomic mass is 10.00. The van der Waals surface area contributed by atoms with Gasteiger partial charge in [-0.15, -0.1) is 0 Å². The van der Waals surface area contributed by atoms with E-state index in [0.29, 0.717) is 18.9 Å². The number of carbonyl (C=O) groups is 3. The minimum absolute atomic E-state index is 0.0344. The maximum Gasteiger partial charge on any atom is 0.329 e. The summed E-state index contributed by atoms with van der Waals surface area (Å²) >= 11 is 0. The Morgan fingerprint density at radius 3 is 2.50 bits per heavy atom. The molecule has 1 aliphatic heterocycles. The monoisotopic (exact) mass is 586 g/mol. The number of rotatable bonds is 12. The van der Waals surface area contributed by atoms with E-state index in [1.807, 2.05) is 24.3 Å². The van der Waals surface area contributed by atoms with Crippen molar-refractivity contribution in [3.8, 4) is 17.2 Å². The number of methoxy groups -OCH3 is 2. The first-order chi connectivity index (χ1) is 20.3. The molecule has 0 spiro atoms. The van der Waals surface area contributed by atoms with Gasteiger partial charge in [-0.05, 0) is 43.4 Å². The minimum atomic E-state index is -1.03. The summed E-state index contributed by atoms with van der Waals surface area (Å²) in [7, 11) is 3.01. The molecule has 2 aromatic rings. The van der Waals surface area contributed by atoms with Gasteiger partial charge in [0.15, 0.2) is 17.2 Å². The summed E-state index contributed by atoms with van der Waals surface area (Å²) in [4.78, 5) is 41.9. The Morgan fingerprint density at radius 2 is 1.83 bits per heavy atom. The molecule has 2 heterocycles. The van der Waals surface area contributed by atoms with Crippen LogP contribution in [0.4, 0.5) is 0 Å². The van der Waals surface area contributed by atoms with Crippen molar-refractivity contribution in [1.29, 1.82) is 0 Å². The van der Waals surface area contributed by atoms with E-state index in [1.54, 1.807) is 14.0 Å². The quantitative estimate of drug-likeness (QED) is 0.290. The first-order valence-electron chi connectivity index (χ1n) is 14.0. The minimum Gasteiger partial charge on any atom is -0.497 e. The fourth-order valence-electron chi connectivity index (χ4n) is 4.55. The van der Waals surface area contributed by atoms with E-state index in [9.17, 15) is 14.4 Å². The van der Waals surface area contributed by atoms with Crippen molar-refractivity contribution < 1.29 is 47.5 Å². The highest BCUT2D eigenvalue weighted by Gasteiger charge is 2.37. The Bertz CT molecular complexity index is 1220. The molecule has 1 aromatic carbocycles. The van der Waals surface area contributed by atoms with Gasteiger partial charge in [0.1, 0.15) is 24.0 Å². The third-order valence-corrected chi connectivity index (χ3v) is 7.05. The normalized spacial score (nSPS) is 22.5. The van der Waals surface area contributed by atoms with E-state index in [4.69, 9.17) is 33.2 Å². The van der Waals surface area contributed by atoms with E-state index in [2.05, 4.69) is 10.3 Å². The number of esters is 2. The molecule has 2 aliphatic rings. The Kier molecular flexibility index (Phi) is 11.0. The number of carbonyl (C=O) groups excluding carboxylic acids is 3. The number of hydrogen-bond donors (Lipinski definition) is 1. The summed E-state index contributed by atoms with van der Waals surface area (Å²) in [6.45, 7) is 3.28. The lowest BCUT2D eigenvalue weighted by Gasteiger charge is -2.31. The number of hydrogen-bond acceptors (Lipinski definition) is 11. The molecule has 12 heteroatoms. The van der Waals surface area contributed by atoms with Crippen LogP contribution in [0, 0.1) is 5.92 Å². The second-order valence-corrected chi connectivity index (χ2v) is 10.2. The van der Waals surface area contributed by atoms with E-state index >= 15 is 0 Å². The fraction of sp³-hybridized carbons (Fsp3) is 0.533. The number of aromatic nitrogens is 1. The first-order valence-corrected chi connectivity index (χ1v) is 14.0. The van der Waals surface area contributed by atoms with Crippen molar-refractivity contribution in [2.24, 2.45) is 5.92 Å². The zero-order chi connectivity index (χ0) is 30.1. The number of amides is 1. The standard InChI is InChI=1S/C30H38N2O10/c1-18-27(39-16-21-5-6-21)25(15-20-7-9-22(36-3)10-8-20)38-14-12-23(30(35)42-18)32-29(34)26-28(41-17-40-19(2)33)24(37-4)11-13-31-26/h7-11,13,18,21,23,25,27H,5-6,12,14-17H2,1-4H3,(H,32,34)/t18-,23-,25+,27-/m0/s1. The maximum absolute atomic E-state index is 13.3. The summed E-state index contributed by atoms with van der Waals surface area (Å²) in [5.41, 5.74) is 0.875. The van der Waals surface area contributed by atoms with Gasteiger partial charge in [-0.1, -0.05) is 12.1 Å². The molecule has 4 atom stereocenters. The molecule has 0 unspecified atom stereocenters. The molecule has 1 saturated heterocycles. The van der Waals surface area contributed by atoms with Gasteiger partial charge in [-0.3, -0.25) is 9.59 Å². The average Bonchev–Trinajstić information content (AvgIpc) is 3.80.